The number of fused-ring (bicyclic) bond motifs is 1. The second-order valence-electron chi connectivity index (χ2n) is 6.80. The first-order chi connectivity index (χ1) is 13.4. The SMILES string of the molecule is CC1(F)C=CC=C(Nc2c(C(=O)O)sc3c2ccc(=O)n3-c2ccccc2)C1. The number of allylic oxidation sites excluding steroid dienone is 4. The third-order valence-electron chi connectivity index (χ3n) is 4.51. The van der Waals surface area contributed by atoms with Gasteiger partial charge in [-0.15, -0.1) is 11.3 Å². The second-order valence-corrected chi connectivity index (χ2v) is 7.80. The third-order valence-corrected chi connectivity index (χ3v) is 5.69. The minimum atomic E-state index is -1.50. The van der Waals surface area contributed by atoms with Crippen molar-refractivity contribution in [1.29, 1.82) is 0 Å². The van der Waals surface area contributed by atoms with Gasteiger partial charge in [-0.2, -0.15) is 0 Å². The molecule has 142 valence electrons. The van der Waals surface area contributed by atoms with Crippen LogP contribution in [0.25, 0.3) is 15.9 Å². The van der Waals surface area contributed by atoms with Crippen molar-refractivity contribution in [2.75, 3.05) is 5.32 Å². The van der Waals surface area contributed by atoms with E-state index in [9.17, 15) is 19.1 Å². The fourth-order valence-electron chi connectivity index (χ4n) is 3.28. The molecular weight excluding hydrogens is 379 g/mol. The van der Waals surface area contributed by atoms with Crippen LogP contribution in [-0.4, -0.2) is 21.3 Å². The molecule has 1 aliphatic carbocycles. The van der Waals surface area contributed by atoms with Gasteiger partial charge in [0.05, 0.1) is 11.4 Å². The first kappa shape index (κ1) is 18.2. The maximum absolute atomic E-state index is 14.3. The fraction of sp³-hybridized carbons (Fsp3) is 0.143. The Bertz CT molecular complexity index is 1190. The number of alkyl halides is 1. The van der Waals surface area contributed by atoms with Gasteiger partial charge >= 0.3 is 5.97 Å². The minimum Gasteiger partial charge on any atom is -0.477 e. The normalized spacial score (nSPS) is 18.9. The zero-order valence-corrected chi connectivity index (χ0v) is 15.8. The van der Waals surface area contributed by atoms with Gasteiger partial charge in [-0.3, -0.25) is 9.36 Å². The third kappa shape index (κ3) is 3.25. The van der Waals surface area contributed by atoms with Gasteiger partial charge in [0.25, 0.3) is 5.56 Å². The number of thiophene rings is 1. The number of para-hydroxylation sites is 1. The average molecular weight is 396 g/mol. The summed E-state index contributed by atoms with van der Waals surface area (Å²) in [5.41, 5.74) is -0.154. The molecule has 0 saturated heterocycles. The van der Waals surface area contributed by atoms with E-state index >= 15 is 0 Å². The summed E-state index contributed by atoms with van der Waals surface area (Å²) in [5.74, 6) is -1.11. The van der Waals surface area contributed by atoms with Crippen LogP contribution in [0.1, 0.15) is 23.0 Å². The molecule has 0 spiro atoms. The highest BCUT2D eigenvalue weighted by Gasteiger charge is 2.26. The van der Waals surface area contributed by atoms with Crippen molar-refractivity contribution in [3.63, 3.8) is 0 Å². The standard InChI is InChI=1S/C21H17FN2O3S/c1-21(22)11-5-6-13(12-21)23-17-15-9-10-16(25)24(14-7-3-2-4-8-14)19(15)28-18(17)20(26)27/h2-11,23H,12H2,1H3,(H,26,27). The fourth-order valence-corrected chi connectivity index (χ4v) is 4.39. The molecule has 0 aliphatic heterocycles. The Morgan fingerprint density at radius 1 is 1.25 bits per heavy atom. The summed E-state index contributed by atoms with van der Waals surface area (Å²) in [7, 11) is 0. The number of benzene rings is 1. The van der Waals surface area contributed by atoms with Crippen LogP contribution in [0.4, 0.5) is 10.1 Å². The highest BCUT2D eigenvalue weighted by Crippen LogP contribution is 2.38. The summed E-state index contributed by atoms with van der Waals surface area (Å²) in [5, 5.41) is 13.4. The summed E-state index contributed by atoms with van der Waals surface area (Å²) in [6, 6.07) is 12.1. The maximum atomic E-state index is 14.3. The molecule has 2 aromatic heterocycles. The number of nitrogens with one attached hydrogen (secondary N) is 1. The lowest BCUT2D eigenvalue weighted by Gasteiger charge is -2.22. The lowest BCUT2D eigenvalue weighted by molar-refractivity contribution is 0.0703. The molecular formula is C21H17FN2O3S. The van der Waals surface area contributed by atoms with Gasteiger partial charge in [-0.25, -0.2) is 9.18 Å². The number of hydrogen-bond acceptors (Lipinski definition) is 4. The van der Waals surface area contributed by atoms with Gasteiger partial charge in [0.1, 0.15) is 15.4 Å². The minimum absolute atomic E-state index is 0.0706. The Hall–Kier alpha value is -3.19. The molecule has 0 saturated carbocycles. The van der Waals surface area contributed by atoms with Crippen LogP contribution in [-0.2, 0) is 0 Å². The summed E-state index contributed by atoms with van der Waals surface area (Å²) in [6.07, 6.45) is 4.91. The highest BCUT2D eigenvalue weighted by molar-refractivity contribution is 7.21. The number of hydrogen-bond donors (Lipinski definition) is 2. The zero-order chi connectivity index (χ0) is 19.9. The van der Waals surface area contributed by atoms with Crippen LogP contribution in [0.3, 0.4) is 0 Å². The van der Waals surface area contributed by atoms with E-state index in [1.807, 2.05) is 18.2 Å². The molecule has 2 N–H and O–H groups in total. The predicted octanol–water partition coefficient (Wildman–Crippen LogP) is 4.73. The van der Waals surface area contributed by atoms with Crippen LogP contribution in [0, 0.1) is 0 Å². The average Bonchev–Trinajstić information content (AvgIpc) is 3.00. The van der Waals surface area contributed by atoms with E-state index in [4.69, 9.17) is 0 Å². The number of carbonyl (C=O) groups is 1. The molecule has 2 heterocycles. The van der Waals surface area contributed by atoms with Gasteiger partial charge in [0, 0.05) is 23.6 Å². The van der Waals surface area contributed by atoms with Crippen molar-refractivity contribution in [2.45, 2.75) is 19.0 Å². The zero-order valence-electron chi connectivity index (χ0n) is 15.0. The van der Waals surface area contributed by atoms with Crippen molar-refractivity contribution < 1.29 is 14.3 Å². The number of rotatable bonds is 4. The summed E-state index contributed by atoms with van der Waals surface area (Å²) < 4.78 is 15.8. The van der Waals surface area contributed by atoms with Gasteiger partial charge < -0.3 is 10.4 Å². The highest BCUT2D eigenvalue weighted by atomic mass is 32.1. The first-order valence-corrected chi connectivity index (χ1v) is 9.49. The molecule has 0 bridgehead atoms. The molecule has 1 aromatic carbocycles. The molecule has 0 amide bonds. The number of nitrogens with zero attached hydrogens (tertiary/aromatic N) is 1. The number of aromatic nitrogens is 1. The monoisotopic (exact) mass is 396 g/mol. The van der Waals surface area contributed by atoms with Crippen LogP contribution < -0.4 is 10.9 Å². The lowest BCUT2D eigenvalue weighted by atomic mass is 9.97. The Morgan fingerprint density at radius 2 is 2.00 bits per heavy atom. The van der Waals surface area contributed by atoms with Gasteiger partial charge in [0.15, 0.2) is 0 Å². The maximum Gasteiger partial charge on any atom is 0.348 e. The number of anilines is 1. The molecule has 0 radical (unpaired) electrons. The van der Waals surface area contributed by atoms with Crippen molar-refractivity contribution in [3.05, 3.63) is 81.6 Å². The lowest BCUT2D eigenvalue weighted by Crippen LogP contribution is -2.20. The Morgan fingerprint density at radius 3 is 2.68 bits per heavy atom. The molecule has 7 heteroatoms. The quantitative estimate of drug-likeness (QED) is 0.669. The van der Waals surface area contributed by atoms with E-state index in [0.29, 0.717) is 27.3 Å². The van der Waals surface area contributed by atoms with Gasteiger partial charge in [-0.05, 0) is 37.3 Å². The van der Waals surface area contributed by atoms with Crippen LogP contribution in [0.15, 0.2) is 71.2 Å². The van der Waals surface area contributed by atoms with E-state index < -0.39 is 11.6 Å². The Balaban J connectivity index is 1.91. The number of carboxylic acids is 1. The second kappa shape index (κ2) is 6.76. The number of pyridine rings is 1. The summed E-state index contributed by atoms with van der Waals surface area (Å²) in [6.45, 7) is 1.47. The van der Waals surface area contributed by atoms with Crippen molar-refractivity contribution in [3.8, 4) is 5.69 Å². The van der Waals surface area contributed by atoms with Crippen LogP contribution >= 0.6 is 11.3 Å². The molecule has 0 fully saturated rings. The van der Waals surface area contributed by atoms with Gasteiger partial charge in [-0.1, -0.05) is 24.3 Å². The van der Waals surface area contributed by atoms with Crippen molar-refractivity contribution in [2.24, 2.45) is 0 Å². The van der Waals surface area contributed by atoms with E-state index in [0.717, 1.165) is 11.3 Å². The number of aromatic carboxylic acids is 1. The topological polar surface area (TPSA) is 71.3 Å². The van der Waals surface area contributed by atoms with E-state index in [1.165, 1.54) is 23.6 Å². The number of halogens is 1. The molecule has 28 heavy (non-hydrogen) atoms. The van der Waals surface area contributed by atoms with Crippen molar-refractivity contribution >= 4 is 33.2 Å². The first-order valence-electron chi connectivity index (χ1n) is 8.67. The van der Waals surface area contributed by atoms with E-state index in [2.05, 4.69) is 5.32 Å². The molecule has 1 aliphatic rings. The van der Waals surface area contributed by atoms with E-state index in [-0.39, 0.29) is 16.9 Å². The van der Waals surface area contributed by atoms with Crippen LogP contribution in [0.5, 0.6) is 0 Å². The molecule has 5 nitrogen and oxygen atoms in total. The van der Waals surface area contributed by atoms with Crippen molar-refractivity contribution in [1.82, 2.24) is 4.57 Å². The smallest absolute Gasteiger partial charge is 0.348 e. The number of carboxylic acid groups (broad SMARTS) is 1. The summed E-state index contributed by atoms with van der Waals surface area (Å²) in [4.78, 5) is 25.0. The van der Waals surface area contributed by atoms with Crippen LogP contribution in [0.2, 0.25) is 0 Å². The molecule has 1 unspecified atom stereocenters. The summed E-state index contributed by atoms with van der Waals surface area (Å²) >= 11 is 1.02. The molecule has 3 aromatic rings. The predicted molar refractivity (Wildman–Crippen MR) is 109 cm³/mol. The Kier molecular flexibility index (Phi) is 4.39. The van der Waals surface area contributed by atoms with Gasteiger partial charge in [0.2, 0.25) is 0 Å². The molecule has 1 atom stereocenters. The Labute approximate surface area is 164 Å². The van der Waals surface area contributed by atoms with E-state index in [1.54, 1.807) is 30.4 Å². The molecule has 4 rings (SSSR count). The largest absolute Gasteiger partial charge is 0.477 e.